The number of carboxylic acid groups (broad SMARTS) is 1. The standard InChI is InChI=1S/C20H28N6O8/c21-12(8-16(23)29)18(31)26-13(5-6-15(22)28)19(32)24-9-17(30)25-14(20(33)34)7-10-1-3-11(27)4-2-10/h1-4,12-14,27H,5-9,21H2,(H2,22,28)(H2,23,29)(H,24,32)(H,25,30)(H,26,31)(H,33,34). The monoisotopic (exact) mass is 480 g/mol. The van der Waals surface area contributed by atoms with Gasteiger partial charge in [0.1, 0.15) is 17.8 Å². The zero-order valence-corrected chi connectivity index (χ0v) is 18.2. The lowest BCUT2D eigenvalue weighted by molar-refractivity contribution is -0.141. The number of carbonyl (C=O) groups excluding carboxylic acids is 5. The first-order valence-electron chi connectivity index (χ1n) is 10.1. The number of phenolic OH excluding ortho intramolecular Hbond substituents is 1. The molecule has 3 atom stereocenters. The number of hydrogen-bond donors (Lipinski definition) is 8. The van der Waals surface area contributed by atoms with E-state index in [9.17, 15) is 39.0 Å². The van der Waals surface area contributed by atoms with Gasteiger partial charge in [-0.15, -0.1) is 0 Å². The van der Waals surface area contributed by atoms with E-state index < -0.39 is 66.6 Å². The van der Waals surface area contributed by atoms with Crippen molar-refractivity contribution in [3.63, 3.8) is 0 Å². The number of nitrogens with two attached hydrogens (primary N) is 3. The van der Waals surface area contributed by atoms with Gasteiger partial charge in [0.25, 0.3) is 0 Å². The van der Waals surface area contributed by atoms with Crippen molar-refractivity contribution in [2.24, 2.45) is 17.2 Å². The summed E-state index contributed by atoms with van der Waals surface area (Å²) >= 11 is 0. The van der Waals surface area contributed by atoms with Gasteiger partial charge in [0.05, 0.1) is 19.0 Å². The van der Waals surface area contributed by atoms with Gasteiger partial charge < -0.3 is 43.4 Å². The zero-order chi connectivity index (χ0) is 25.8. The number of aliphatic carboxylic acids is 1. The number of hydrogen-bond acceptors (Lipinski definition) is 8. The normalized spacial score (nSPS) is 13.1. The number of benzene rings is 1. The van der Waals surface area contributed by atoms with E-state index >= 15 is 0 Å². The van der Waals surface area contributed by atoms with Gasteiger partial charge in [-0.2, -0.15) is 0 Å². The smallest absolute Gasteiger partial charge is 0.326 e. The molecule has 186 valence electrons. The highest BCUT2D eigenvalue weighted by Crippen LogP contribution is 2.11. The molecule has 0 aliphatic carbocycles. The Morgan fingerprint density at radius 3 is 2.03 bits per heavy atom. The molecule has 5 amide bonds. The first kappa shape index (κ1) is 27.8. The highest BCUT2D eigenvalue weighted by atomic mass is 16.4. The molecule has 0 spiro atoms. The Balaban J connectivity index is 2.71. The van der Waals surface area contributed by atoms with Crippen LogP contribution in [-0.4, -0.2) is 70.4 Å². The maximum absolute atomic E-state index is 12.5. The van der Waals surface area contributed by atoms with Crippen LogP contribution in [0.15, 0.2) is 24.3 Å². The van der Waals surface area contributed by atoms with Crippen molar-refractivity contribution in [2.75, 3.05) is 6.54 Å². The number of aromatic hydroxyl groups is 1. The molecule has 3 unspecified atom stereocenters. The molecule has 1 aromatic carbocycles. The van der Waals surface area contributed by atoms with E-state index in [1.807, 2.05) is 0 Å². The molecule has 0 aliphatic rings. The molecular formula is C20H28N6O8. The zero-order valence-electron chi connectivity index (χ0n) is 18.2. The summed E-state index contributed by atoms with van der Waals surface area (Å²) in [6.07, 6.45) is -1.04. The number of phenols is 1. The first-order valence-corrected chi connectivity index (χ1v) is 10.1. The van der Waals surface area contributed by atoms with Crippen molar-refractivity contribution >= 4 is 35.5 Å². The lowest BCUT2D eigenvalue weighted by atomic mass is 10.1. The molecule has 34 heavy (non-hydrogen) atoms. The third-order valence-electron chi connectivity index (χ3n) is 4.50. The van der Waals surface area contributed by atoms with E-state index in [0.29, 0.717) is 5.56 Å². The Kier molecular flexibility index (Phi) is 10.9. The largest absolute Gasteiger partial charge is 0.508 e. The molecule has 0 bridgehead atoms. The third kappa shape index (κ3) is 10.4. The second-order valence-electron chi connectivity index (χ2n) is 7.39. The van der Waals surface area contributed by atoms with Gasteiger partial charge in [-0.25, -0.2) is 4.79 Å². The van der Waals surface area contributed by atoms with Gasteiger partial charge >= 0.3 is 5.97 Å². The van der Waals surface area contributed by atoms with Gasteiger partial charge in [0, 0.05) is 12.8 Å². The summed E-state index contributed by atoms with van der Waals surface area (Å²) in [7, 11) is 0. The molecule has 14 heteroatoms. The van der Waals surface area contributed by atoms with Crippen LogP contribution in [0.3, 0.4) is 0 Å². The first-order chi connectivity index (χ1) is 15.9. The minimum atomic E-state index is -1.33. The van der Waals surface area contributed by atoms with Crippen LogP contribution in [-0.2, 0) is 35.2 Å². The van der Waals surface area contributed by atoms with Gasteiger partial charge in [-0.05, 0) is 24.1 Å². The predicted octanol–water partition coefficient (Wildman–Crippen LogP) is -3.43. The maximum Gasteiger partial charge on any atom is 0.326 e. The second kappa shape index (κ2) is 13.4. The molecule has 0 saturated carbocycles. The van der Waals surface area contributed by atoms with Crippen LogP contribution in [0.4, 0.5) is 0 Å². The highest BCUT2D eigenvalue weighted by Gasteiger charge is 2.26. The van der Waals surface area contributed by atoms with Gasteiger partial charge in [-0.1, -0.05) is 12.1 Å². The maximum atomic E-state index is 12.5. The molecule has 0 radical (unpaired) electrons. The molecule has 0 aromatic heterocycles. The Labute approximate surface area is 194 Å². The lowest BCUT2D eigenvalue weighted by Gasteiger charge is -2.20. The summed E-state index contributed by atoms with van der Waals surface area (Å²) in [5.41, 5.74) is 16.1. The van der Waals surface area contributed by atoms with Crippen LogP contribution in [0, 0.1) is 0 Å². The molecule has 0 aliphatic heterocycles. The SMILES string of the molecule is NC(=O)CCC(NC(=O)C(N)CC(N)=O)C(=O)NCC(=O)NC(Cc1ccc(O)cc1)C(=O)O. The van der Waals surface area contributed by atoms with E-state index in [1.165, 1.54) is 24.3 Å². The summed E-state index contributed by atoms with van der Waals surface area (Å²) in [4.78, 5) is 70.2. The average molecular weight is 480 g/mol. The van der Waals surface area contributed by atoms with Gasteiger partial charge in [-0.3, -0.25) is 24.0 Å². The molecule has 14 nitrogen and oxygen atoms in total. The quantitative estimate of drug-likeness (QED) is 0.132. The van der Waals surface area contributed by atoms with Crippen LogP contribution >= 0.6 is 0 Å². The van der Waals surface area contributed by atoms with E-state index in [0.717, 1.165) is 0 Å². The van der Waals surface area contributed by atoms with Crippen LogP contribution in [0.2, 0.25) is 0 Å². The highest BCUT2D eigenvalue weighted by molar-refractivity contribution is 5.94. The number of rotatable bonds is 14. The summed E-state index contributed by atoms with van der Waals surface area (Å²) in [5, 5.41) is 25.4. The topological polar surface area (TPSA) is 257 Å². The van der Waals surface area contributed by atoms with E-state index in [1.54, 1.807) is 0 Å². The third-order valence-corrected chi connectivity index (χ3v) is 4.50. The number of carbonyl (C=O) groups is 6. The summed E-state index contributed by atoms with van der Waals surface area (Å²) in [5.74, 6) is -5.47. The number of nitrogens with one attached hydrogen (secondary N) is 3. The van der Waals surface area contributed by atoms with Crippen LogP contribution in [0.1, 0.15) is 24.8 Å². The van der Waals surface area contributed by atoms with Crippen molar-refractivity contribution in [1.29, 1.82) is 0 Å². The summed E-state index contributed by atoms with van der Waals surface area (Å²) in [6.45, 7) is -0.630. The molecule has 0 heterocycles. The van der Waals surface area contributed by atoms with Crippen LogP contribution in [0.25, 0.3) is 0 Å². The minimum Gasteiger partial charge on any atom is -0.508 e. The summed E-state index contributed by atoms with van der Waals surface area (Å²) in [6, 6.07) is 1.77. The van der Waals surface area contributed by atoms with Crippen molar-refractivity contribution in [1.82, 2.24) is 16.0 Å². The Morgan fingerprint density at radius 2 is 1.50 bits per heavy atom. The molecule has 1 aromatic rings. The fraction of sp³-hybridized carbons (Fsp3) is 0.400. The fourth-order valence-electron chi connectivity index (χ4n) is 2.75. The Hall–Kier alpha value is -4.20. The van der Waals surface area contributed by atoms with Crippen molar-refractivity contribution < 1.29 is 39.0 Å². The Morgan fingerprint density at radius 1 is 0.882 bits per heavy atom. The fourth-order valence-corrected chi connectivity index (χ4v) is 2.75. The molecular weight excluding hydrogens is 452 g/mol. The Bertz CT molecular complexity index is 920. The number of primary amides is 2. The van der Waals surface area contributed by atoms with Crippen molar-refractivity contribution in [2.45, 2.75) is 43.8 Å². The predicted molar refractivity (Wildman–Crippen MR) is 117 cm³/mol. The van der Waals surface area contributed by atoms with Gasteiger partial charge in [0.2, 0.25) is 29.5 Å². The molecule has 11 N–H and O–H groups in total. The minimum absolute atomic E-state index is 0.00376. The van der Waals surface area contributed by atoms with Crippen molar-refractivity contribution in [3.8, 4) is 5.75 Å². The van der Waals surface area contributed by atoms with E-state index in [4.69, 9.17) is 17.2 Å². The average Bonchev–Trinajstić information content (AvgIpc) is 2.75. The number of carboxylic acids is 1. The van der Waals surface area contributed by atoms with Crippen LogP contribution in [0.5, 0.6) is 5.75 Å². The van der Waals surface area contributed by atoms with E-state index in [2.05, 4.69) is 16.0 Å². The summed E-state index contributed by atoms with van der Waals surface area (Å²) < 4.78 is 0. The molecule has 0 fully saturated rings. The molecule has 1 rings (SSSR count). The molecule has 0 saturated heterocycles. The van der Waals surface area contributed by atoms with Crippen LogP contribution < -0.4 is 33.2 Å². The van der Waals surface area contributed by atoms with Gasteiger partial charge in [0.15, 0.2) is 0 Å². The second-order valence-corrected chi connectivity index (χ2v) is 7.39. The van der Waals surface area contributed by atoms with Crippen molar-refractivity contribution in [3.05, 3.63) is 29.8 Å². The lowest BCUT2D eigenvalue weighted by Crippen LogP contribution is -2.54. The number of amides is 5. The van der Waals surface area contributed by atoms with E-state index in [-0.39, 0.29) is 25.0 Å².